The van der Waals surface area contributed by atoms with E-state index in [9.17, 15) is 10.2 Å². The van der Waals surface area contributed by atoms with Crippen LogP contribution in [0.15, 0.2) is 42.5 Å². The van der Waals surface area contributed by atoms with Gasteiger partial charge in [-0.3, -0.25) is 0 Å². The maximum atomic E-state index is 9.31. The van der Waals surface area contributed by atoms with E-state index < -0.39 is 0 Å². The van der Waals surface area contributed by atoms with Crippen LogP contribution in [-0.2, 0) is 6.54 Å². The van der Waals surface area contributed by atoms with Gasteiger partial charge in [0, 0.05) is 18.3 Å². The van der Waals surface area contributed by atoms with E-state index in [1.54, 1.807) is 36.4 Å². The van der Waals surface area contributed by atoms with Crippen molar-refractivity contribution >= 4 is 5.69 Å². The Morgan fingerprint density at radius 2 is 1.35 bits per heavy atom. The number of anilines is 1. The highest BCUT2D eigenvalue weighted by Gasteiger charge is 1.99. The Labute approximate surface area is 98.8 Å². The van der Waals surface area contributed by atoms with Crippen LogP contribution in [0.2, 0.25) is 0 Å². The Kier molecular flexibility index (Phi) is 3.05. The normalized spacial score (nSPS) is 10.1. The highest BCUT2D eigenvalue weighted by Crippen LogP contribution is 2.21. The molecule has 0 saturated heterocycles. The van der Waals surface area contributed by atoms with E-state index in [2.05, 4.69) is 5.32 Å². The Bertz CT molecular complexity index is 488. The maximum Gasteiger partial charge on any atom is 0.119 e. The lowest BCUT2D eigenvalue weighted by Gasteiger charge is -2.07. The van der Waals surface area contributed by atoms with Gasteiger partial charge in [-0.1, -0.05) is 0 Å². The van der Waals surface area contributed by atoms with Gasteiger partial charge in [0.15, 0.2) is 0 Å². The van der Waals surface area contributed by atoms with Crippen LogP contribution in [0.1, 0.15) is 5.56 Å². The smallest absolute Gasteiger partial charge is 0.119 e. The first-order chi connectivity index (χ1) is 8.13. The average molecular weight is 231 g/mol. The van der Waals surface area contributed by atoms with Crippen molar-refractivity contribution in [2.24, 2.45) is 0 Å². The molecule has 0 fully saturated rings. The van der Waals surface area contributed by atoms with Crippen LogP contribution < -0.4 is 5.32 Å². The minimum atomic E-state index is 0.0347. The van der Waals surface area contributed by atoms with Gasteiger partial charge in [0.2, 0.25) is 0 Å². The van der Waals surface area contributed by atoms with E-state index in [-0.39, 0.29) is 17.2 Å². The Hall–Kier alpha value is -2.36. The van der Waals surface area contributed by atoms with Crippen molar-refractivity contribution in [1.82, 2.24) is 0 Å². The fraction of sp³-hybridized carbons (Fsp3) is 0.0769. The van der Waals surface area contributed by atoms with Crippen molar-refractivity contribution in [1.29, 1.82) is 0 Å². The number of phenolic OH excluding ortho intramolecular Hbond substituents is 3. The van der Waals surface area contributed by atoms with Crippen molar-refractivity contribution in [3.63, 3.8) is 0 Å². The van der Waals surface area contributed by atoms with Gasteiger partial charge in [-0.05, 0) is 42.0 Å². The maximum absolute atomic E-state index is 9.31. The van der Waals surface area contributed by atoms with Crippen LogP contribution in [0.3, 0.4) is 0 Å². The molecule has 0 unspecified atom stereocenters. The summed E-state index contributed by atoms with van der Waals surface area (Å²) in [5, 5.41) is 30.8. The van der Waals surface area contributed by atoms with Gasteiger partial charge in [0.1, 0.15) is 17.2 Å². The third-order valence-electron chi connectivity index (χ3n) is 2.33. The predicted octanol–water partition coefficient (Wildman–Crippen LogP) is 2.42. The molecule has 4 N–H and O–H groups in total. The second kappa shape index (κ2) is 4.65. The molecule has 2 aromatic rings. The molecule has 2 rings (SSSR count). The molecule has 0 bridgehead atoms. The lowest BCUT2D eigenvalue weighted by Crippen LogP contribution is -1.98. The molecule has 0 aliphatic rings. The third-order valence-corrected chi connectivity index (χ3v) is 2.33. The summed E-state index contributed by atoms with van der Waals surface area (Å²) in [5.74, 6) is 0.283. The molecule has 0 spiro atoms. The summed E-state index contributed by atoms with van der Waals surface area (Å²) in [6, 6.07) is 11.1. The number of hydrogen-bond donors (Lipinski definition) is 4. The fourth-order valence-corrected chi connectivity index (χ4v) is 1.54. The lowest BCUT2D eigenvalue weighted by molar-refractivity contribution is 0.449. The highest BCUT2D eigenvalue weighted by atomic mass is 16.3. The minimum Gasteiger partial charge on any atom is -0.508 e. The van der Waals surface area contributed by atoms with Gasteiger partial charge < -0.3 is 20.6 Å². The van der Waals surface area contributed by atoms with Crippen molar-refractivity contribution in [2.75, 3.05) is 5.32 Å². The van der Waals surface area contributed by atoms with Gasteiger partial charge in [-0.15, -0.1) is 0 Å². The lowest BCUT2D eigenvalue weighted by atomic mass is 10.2. The SMILES string of the molecule is Oc1ccc(NCc2cc(O)cc(O)c2)cc1. The molecule has 0 atom stereocenters. The van der Waals surface area contributed by atoms with E-state index in [0.717, 1.165) is 11.3 Å². The van der Waals surface area contributed by atoms with Gasteiger partial charge in [0.05, 0.1) is 0 Å². The first-order valence-corrected chi connectivity index (χ1v) is 5.18. The summed E-state index contributed by atoms with van der Waals surface area (Å²) < 4.78 is 0. The summed E-state index contributed by atoms with van der Waals surface area (Å²) in [4.78, 5) is 0. The summed E-state index contributed by atoms with van der Waals surface area (Å²) >= 11 is 0. The van der Waals surface area contributed by atoms with Gasteiger partial charge in [-0.2, -0.15) is 0 Å². The molecule has 4 heteroatoms. The molecule has 17 heavy (non-hydrogen) atoms. The van der Waals surface area contributed by atoms with Gasteiger partial charge in [-0.25, -0.2) is 0 Å². The summed E-state index contributed by atoms with van der Waals surface area (Å²) in [6.45, 7) is 0.479. The van der Waals surface area contributed by atoms with E-state index in [0.29, 0.717) is 6.54 Å². The van der Waals surface area contributed by atoms with Crippen LogP contribution in [-0.4, -0.2) is 15.3 Å². The Morgan fingerprint density at radius 1 is 0.765 bits per heavy atom. The zero-order chi connectivity index (χ0) is 12.3. The molecule has 0 heterocycles. The average Bonchev–Trinajstić information content (AvgIpc) is 2.27. The number of rotatable bonds is 3. The standard InChI is InChI=1S/C13H13NO3/c15-11-3-1-10(2-4-11)14-8-9-5-12(16)7-13(17)6-9/h1-7,14-17H,8H2. The van der Waals surface area contributed by atoms with Crippen LogP contribution in [0, 0.1) is 0 Å². The largest absolute Gasteiger partial charge is 0.508 e. The molecular formula is C13H13NO3. The predicted molar refractivity (Wildman–Crippen MR) is 65.2 cm³/mol. The van der Waals surface area contributed by atoms with Crippen molar-refractivity contribution in [2.45, 2.75) is 6.54 Å². The number of hydrogen-bond acceptors (Lipinski definition) is 4. The number of aromatic hydroxyl groups is 3. The Morgan fingerprint density at radius 3 is 1.94 bits per heavy atom. The monoisotopic (exact) mass is 231 g/mol. The van der Waals surface area contributed by atoms with Crippen molar-refractivity contribution in [3.8, 4) is 17.2 Å². The minimum absolute atomic E-state index is 0.0347. The van der Waals surface area contributed by atoms with Crippen LogP contribution in [0.5, 0.6) is 17.2 Å². The molecule has 2 aromatic carbocycles. The molecule has 88 valence electrons. The highest BCUT2D eigenvalue weighted by molar-refractivity contribution is 5.47. The quantitative estimate of drug-likeness (QED) is 0.612. The molecule has 0 aromatic heterocycles. The van der Waals surface area contributed by atoms with E-state index in [1.165, 1.54) is 6.07 Å². The molecule has 0 amide bonds. The van der Waals surface area contributed by atoms with Crippen molar-refractivity contribution in [3.05, 3.63) is 48.0 Å². The van der Waals surface area contributed by atoms with E-state index in [4.69, 9.17) is 5.11 Å². The summed E-state index contributed by atoms with van der Waals surface area (Å²) in [5.41, 5.74) is 1.63. The second-order valence-electron chi connectivity index (χ2n) is 3.76. The van der Waals surface area contributed by atoms with E-state index in [1.807, 2.05) is 0 Å². The van der Waals surface area contributed by atoms with Gasteiger partial charge >= 0.3 is 0 Å². The second-order valence-corrected chi connectivity index (χ2v) is 3.76. The molecule has 0 aliphatic carbocycles. The topological polar surface area (TPSA) is 72.7 Å². The number of benzene rings is 2. The number of nitrogens with one attached hydrogen (secondary N) is 1. The summed E-state index contributed by atoms with van der Waals surface area (Å²) in [7, 11) is 0. The molecule has 0 saturated carbocycles. The van der Waals surface area contributed by atoms with Crippen LogP contribution >= 0.6 is 0 Å². The molecule has 0 aliphatic heterocycles. The van der Waals surface area contributed by atoms with Crippen molar-refractivity contribution < 1.29 is 15.3 Å². The molecular weight excluding hydrogens is 218 g/mol. The Balaban J connectivity index is 2.04. The third kappa shape index (κ3) is 3.04. The summed E-state index contributed by atoms with van der Waals surface area (Å²) in [6.07, 6.45) is 0. The molecule has 4 nitrogen and oxygen atoms in total. The zero-order valence-corrected chi connectivity index (χ0v) is 9.09. The zero-order valence-electron chi connectivity index (χ0n) is 9.09. The first-order valence-electron chi connectivity index (χ1n) is 5.18. The van der Waals surface area contributed by atoms with Gasteiger partial charge in [0.25, 0.3) is 0 Å². The fourth-order valence-electron chi connectivity index (χ4n) is 1.54. The molecule has 0 radical (unpaired) electrons. The van der Waals surface area contributed by atoms with Crippen LogP contribution in [0.4, 0.5) is 5.69 Å². The van der Waals surface area contributed by atoms with E-state index >= 15 is 0 Å². The van der Waals surface area contributed by atoms with Crippen LogP contribution in [0.25, 0.3) is 0 Å². The number of phenols is 3. The first kappa shape index (κ1) is 11.1.